The number of hydrogen-bond donors (Lipinski definition) is 0. The van der Waals surface area contributed by atoms with Crippen LogP contribution in [0.3, 0.4) is 0 Å². The third kappa shape index (κ3) is 5.36. The van der Waals surface area contributed by atoms with Gasteiger partial charge >= 0.3 is 37.7 Å². The molecule has 0 spiro atoms. The molecule has 0 rings (SSSR count). The molecule has 0 radical (unpaired) electrons. The summed E-state index contributed by atoms with van der Waals surface area (Å²) in [6.45, 7) is 10.1. The molecule has 0 unspecified atom stereocenters. The Morgan fingerprint density at radius 3 is 1.25 bits per heavy atom. The minimum absolute atomic E-state index is 0. The van der Waals surface area contributed by atoms with E-state index in [1.54, 1.807) is 0 Å². The Hall–Kier alpha value is 1.22. The van der Waals surface area contributed by atoms with E-state index in [-0.39, 0.29) is 39.2 Å². The smallest absolute Gasteiger partial charge is 0 e. The Morgan fingerprint density at radius 1 is 1.00 bits per heavy atom. The molecule has 0 aliphatic carbocycles. The zero-order chi connectivity index (χ0) is 5.70. The van der Waals surface area contributed by atoms with E-state index in [1.807, 2.05) is 0 Å². The van der Waals surface area contributed by atoms with Crippen molar-refractivity contribution in [3.8, 4) is 0 Å². The van der Waals surface area contributed by atoms with Gasteiger partial charge in [-0.15, -0.1) is 0 Å². The largest absolute Gasteiger partial charge is 0 e. The molecule has 1 nitrogen and oxygen atoms in total. The van der Waals surface area contributed by atoms with Crippen molar-refractivity contribution in [3.05, 3.63) is 0 Å². The molecule has 0 aromatic rings. The van der Waals surface area contributed by atoms with E-state index >= 15 is 0 Å². The monoisotopic (exact) mass is 145 g/mol. The normalized spacial score (nSPS) is 9.00. The summed E-state index contributed by atoms with van der Waals surface area (Å²) in [7, 11) is 0. The van der Waals surface area contributed by atoms with E-state index < -0.39 is 0 Å². The summed E-state index contributed by atoms with van der Waals surface area (Å²) in [5.74, 6) is 0. The van der Waals surface area contributed by atoms with Crippen LogP contribution in [0.4, 0.5) is 0 Å². The Morgan fingerprint density at radius 2 is 1.25 bits per heavy atom. The van der Waals surface area contributed by atoms with Crippen LogP contribution in [0, 0.1) is 0 Å². The summed E-state index contributed by atoms with van der Waals surface area (Å²) in [5.41, 5.74) is 0. The molecule has 0 aromatic carbocycles. The minimum Gasteiger partial charge on any atom is 0 e. The van der Waals surface area contributed by atoms with Crippen molar-refractivity contribution in [2.45, 2.75) is 20.8 Å². The topological polar surface area (TPSA) is 3.24 Å². The summed E-state index contributed by atoms with van der Waals surface area (Å²) < 4.78 is 0. The Bertz CT molecular complexity index is 34.5. The van der Waals surface area contributed by atoms with Gasteiger partial charge in [-0.3, -0.25) is 0 Å². The van der Waals surface area contributed by atoms with Crippen LogP contribution >= 0.6 is 0 Å². The number of hydrogen-bond acceptors (Lipinski definition) is 1. The van der Waals surface area contributed by atoms with Crippen LogP contribution in [0.5, 0.6) is 0 Å². The zero-order valence-electron chi connectivity index (χ0n) is 5.57. The molecule has 0 heterocycles. The molecule has 0 saturated carbocycles. The van der Waals surface area contributed by atoms with Crippen molar-refractivity contribution in [1.29, 1.82) is 0 Å². The van der Waals surface area contributed by atoms with Crippen molar-refractivity contribution in [2.75, 3.05) is 19.6 Å². The van der Waals surface area contributed by atoms with Gasteiger partial charge in [0.1, 0.15) is 0 Å². The second-order valence-corrected chi connectivity index (χ2v) is 1.62. The van der Waals surface area contributed by atoms with E-state index in [0.717, 1.165) is 0 Å². The zero-order valence-corrected chi connectivity index (χ0v) is 5.57. The fourth-order valence-corrected chi connectivity index (χ4v) is 0.671. The third-order valence-corrected chi connectivity index (χ3v) is 1.34. The molecular formula is C6H19CaN. The molecule has 0 fully saturated rings. The van der Waals surface area contributed by atoms with Gasteiger partial charge in [0.25, 0.3) is 0 Å². The molecule has 0 saturated heterocycles. The maximum Gasteiger partial charge on any atom is 0 e. The summed E-state index contributed by atoms with van der Waals surface area (Å²) in [6.07, 6.45) is 0. The Balaban J connectivity index is -0.000000180. The van der Waals surface area contributed by atoms with E-state index in [2.05, 4.69) is 25.7 Å². The van der Waals surface area contributed by atoms with Gasteiger partial charge in [0.2, 0.25) is 0 Å². The van der Waals surface area contributed by atoms with E-state index in [1.165, 1.54) is 19.6 Å². The van der Waals surface area contributed by atoms with Crippen LogP contribution in [0.25, 0.3) is 0 Å². The molecule has 0 bridgehead atoms. The molecule has 50 valence electrons. The molecule has 0 atom stereocenters. The van der Waals surface area contributed by atoms with Gasteiger partial charge in [-0.1, -0.05) is 20.8 Å². The maximum absolute atomic E-state index is 2.38. The standard InChI is InChI=1S/C6H15N.Ca.H2.2H/c1-4-7(5-2)6-3;;;;/h4-6H2,1-3H3;;1H;;. The van der Waals surface area contributed by atoms with Crippen molar-refractivity contribution < 1.29 is 1.43 Å². The Kier molecular flexibility index (Phi) is 12.3. The molecule has 2 heteroatoms. The van der Waals surface area contributed by atoms with Gasteiger partial charge in [-0.05, 0) is 19.6 Å². The second-order valence-electron chi connectivity index (χ2n) is 1.62. The average Bonchev–Trinajstić information content (AvgIpc) is 1.72. The predicted octanol–water partition coefficient (Wildman–Crippen LogP) is 0.678. The van der Waals surface area contributed by atoms with Crippen molar-refractivity contribution >= 4 is 37.7 Å². The van der Waals surface area contributed by atoms with Crippen LogP contribution < -0.4 is 0 Å². The summed E-state index contributed by atoms with van der Waals surface area (Å²) >= 11 is 0. The first-order chi connectivity index (χ1) is 3.35. The van der Waals surface area contributed by atoms with E-state index in [9.17, 15) is 0 Å². The predicted molar refractivity (Wildman–Crippen MR) is 44.1 cm³/mol. The molecular weight excluding hydrogens is 126 g/mol. The first kappa shape index (κ1) is 12.0. The summed E-state index contributed by atoms with van der Waals surface area (Å²) in [5, 5.41) is 0. The van der Waals surface area contributed by atoms with Crippen LogP contribution in [-0.4, -0.2) is 62.3 Å². The number of rotatable bonds is 3. The fourth-order valence-electron chi connectivity index (χ4n) is 0.671. The van der Waals surface area contributed by atoms with E-state index in [4.69, 9.17) is 0 Å². The van der Waals surface area contributed by atoms with Gasteiger partial charge < -0.3 is 4.90 Å². The summed E-state index contributed by atoms with van der Waals surface area (Å²) in [4.78, 5) is 2.38. The molecule has 0 N–H and O–H groups in total. The molecule has 0 aliphatic rings. The van der Waals surface area contributed by atoms with Crippen molar-refractivity contribution in [2.24, 2.45) is 0 Å². The molecule has 0 amide bonds. The first-order valence-corrected chi connectivity index (χ1v) is 3.07. The number of nitrogens with zero attached hydrogens (tertiary/aromatic N) is 1. The van der Waals surface area contributed by atoms with Gasteiger partial charge in [-0.25, -0.2) is 0 Å². The van der Waals surface area contributed by atoms with Gasteiger partial charge in [0.05, 0.1) is 0 Å². The van der Waals surface area contributed by atoms with Gasteiger partial charge in [-0.2, -0.15) is 0 Å². The van der Waals surface area contributed by atoms with Crippen LogP contribution in [-0.2, 0) is 0 Å². The third-order valence-electron chi connectivity index (χ3n) is 1.34. The fraction of sp³-hybridized carbons (Fsp3) is 1.00. The summed E-state index contributed by atoms with van der Waals surface area (Å²) in [6, 6.07) is 0. The SMILES string of the molecule is CCN(CC)CC.[CaH2].[HH]. The molecule has 0 aromatic heterocycles. The van der Waals surface area contributed by atoms with Crippen LogP contribution in [0.1, 0.15) is 22.2 Å². The van der Waals surface area contributed by atoms with Gasteiger partial charge in [0, 0.05) is 1.43 Å². The quantitative estimate of drug-likeness (QED) is 0.528. The van der Waals surface area contributed by atoms with E-state index in [0.29, 0.717) is 0 Å². The molecule has 0 aliphatic heterocycles. The molecule has 8 heavy (non-hydrogen) atoms. The van der Waals surface area contributed by atoms with Crippen LogP contribution in [0.2, 0.25) is 0 Å². The Labute approximate surface area is 83.9 Å². The maximum atomic E-state index is 2.38. The van der Waals surface area contributed by atoms with Crippen LogP contribution in [0.15, 0.2) is 0 Å². The first-order valence-electron chi connectivity index (χ1n) is 3.07. The average molecular weight is 145 g/mol. The van der Waals surface area contributed by atoms with Gasteiger partial charge in [0.15, 0.2) is 0 Å². The minimum atomic E-state index is 0. The second kappa shape index (κ2) is 8.22. The van der Waals surface area contributed by atoms with Crippen molar-refractivity contribution in [3.63, 3.8) is 0 Å². The van der Waals surface area contributed by atoms with Crippen molar-refractivity contribution in [1.82, 2.24) is 4.90 Å².